The first kappa shape index (κ1) is 12.1. The molecular weight excluding hydrogens is 216 g/mol. The van der Waals surface area contributed by atoms with Gasteiger partial charge in [0.1, 0.15) is 17.5 Å². The highest BCUT2D eigenvalue weighted by Gasteiger charge is 2.27. The molecule has 0 atom stereocenters. The lowest BCUT2D eigenvalue weighted by molar-refractivity contribution is 0.0300. The molecule has 0 aliphatic carbocycles. The molecule has 2 heterocycles. The van der Waals surface area contributed by atoms with Crippen LogP contribution in [-0.2, 0) is 4.74 Å². The fourth-order valence-electron chi connectivity index (χ4n) is 2.03. The number of aryl methyl sites for hydroxylation is 1. The maximum Gasteiger partial charge on any atom is 0.131 e. The quantitative estimate of drug-likeness (QED) is 0.834. The number of anilines is 2. The summed E-state index contributed by atoms with van der Waals surface area (Å²) < 4.78 is 5.38. The third-order valence-corrected chi connectivity index (χ3v) is 3.25. The van der Waals surface area contributed by atoms with E-state index in [9.17, 15) is 0 Å². The van der Waals surface area contributed by atoms with Gasteiger partial charge in [-0.25, -0.2) is 9.97 Å². The average Bonchev–Trinajstić information content (AvgIpc) is 2.26. The fraction of sp³-hybridized carbons (Fsp3) is 0.667. The number of aromatic nitrogens is 2. The minimum atomic E-state index is 0.284. The van der Waals surface area contributed by atoms with Crippen LogP contribution in [-0.4, -0.2) is 29.7 Å². The van der Waals surface area contributed by atoms with Crippen molar-refractivity contribution in [2.75, 3.05) is 30.8 Å². The molecule has 17 heavy (non-hydrogen) atoms. The van der Waals surface area contributed by atoms with E-state index in [4.69, 9.17) is 10.5 Å². The van der Waals surface area contributed by atoms with Gasteiger partial charge in [0.2, 0.25) is 0 Å². The van der Waals surface area contributed by atoms with Gasteiger partial charge in [-0.1, -0.05) is 6.92 Å². The first-order valence-electron chi connectivity index (χ1n) is 6.00. The second-order valence-electron chi connectivity index (χ2n) is 5.00. The summed E-state index contributed by atoms with van der Waals surface area (Å²) in [6.45, 7) is 6.72. The Morgan fingerprint density at radius 2 is 2.12 bits per heavy atom. The van der Waals surface area contributed by atoms with Gasteiger partial charge in [0.25, 0.3) is 0 Å². The first-order chi connectivity index (χ1) is 8.07. The van der Waals surface area contributed by atoms with E-state index in [1.807, 2.05) is 6.92 Å². The Morgan fingerprint density at radius 3 is 2.76 bits per heavy atom. The number of nitrogens with zero attached hydrogens (tertiary/aromatic N) is 2. The molecule has 0 spiro atoms. The van der Waals surface area contributed by atoms with Crippen LogP contribution < -0.4 is 11.1 Å². The van der Waals surface area contributed by atoms with E-state index in [0.717, 1.165) is 38.4 Å². The summed E-state index contributed by atoms with van der Waals surface area (Å²) in [5, 5.41) is 3.35. The molecule has 0 amide bonds. The van der Waals surface area contributed by atoms with Crippen LogP contribution in [0.2, 0.25) is 0 Å². The highest BCUT2D eigenvalue weighted by Crippen LogP contribution is 2.29. The van der Waals surface area contributed by atoms with Gasteiger partial charge in [-0.3, -0.25) is 0 Å². The number of hydrogen-bond donors (Lipinski definition) is 2. The summed E-state index contributed by atoms with van der Waals surface area (Å²) in [7, 11) is 0. The van der Waals surface area contributed by atoms with Crippen LogP contribution >= 0.6 is 0 Å². The topological polar surface area (TPSA) is 73.1 Å². The Balaban J connectivity index is 1.96. The molecule has 5 heteroatoms. The molecule has 3 N–H and O–H groups in total. The van der Waals surface area contributed by atoms with Gasteiger partial charge >= 0.3 is 0 Å². The number of ether oxygens (including phenoxy) is 1. The summed E-state index contributed by atoms with van der Waals surface area (Å²) in [4.78, 5) is 8.37. The predicted molar refractivity (Wildman–Crippen MR) is 67.8 cm³/mol. The molecule has 0 saturated carbocycles. The minimum Gasteiger partial charge on any atom is -0.384 e. The van der Waals surface area contributed by atoms with Crippen LogP contribution in [0.5, 0.6) is 0 Å². The van der Waals surface area contributed by atoms with Crippen molar-refractivity contribution in [3.63, 3.8) is 0 Å². The van der Waals surface area contributed by atoms with Crippen molar-refractivity contribution in [1.29, 1.82) is 0 Å². The van der Waals surface area contributed by atoms with Crippen LogP contribution in [0.4, 0.5) is 11.6 Å². The highest BCUT2D eigenvalue weighted by molar-refractivity contribution is 5.44. The Labute approximate surface area is 102 Å². The monoisotopic (exact) mass is 236 g/mol. The van der Waals surface area contributed by atoms with Crippen molar-refractivity contribution in [2.24, 2.45) is 5.41 Å². The molecule has 0 bridgehead atoms. The van der Waals surface area contributed by atoms with Crippen LogP contribution in [0, 0.1) is 12.3 Å². The summed E-state index contributed by atoms with van der Waals surface area (Å²) in [6, 6.07) is 1.77. The van der Waals surface area contributed by atoms with E-state index < -0.39 is 0 Å². The zero-order valence-corrected chi connectivity index (χ0v) is 10.5. The minimum absolute atomic E-state index is 0.284. The van der Waals surface area contributed by atoms with Crippen LogP contribution in [0.3, 0.4) is 0 Å². The van der Waals surface area contributed by atoms with Gasteiger partial charge in [0.05, 0.1) is 0 Å². The molecule has 2 rings (SSSR count). The van der Waals surface area contributed by atoms with E-state index in [1.54, 1.807) is 6.07 Å². The third-order valence-electron chi connectivity index (χ3n) is 3.25. The number of nitrogen functional groups attached to an aromatic ring is 1. The van der Waals surface area contributed by atoms with Gasteiger partial charge in [0, 0.05) is 25.8 Å². The standard InChI is InChI=1S/C12H20N4O/c1-9-15-10(13)7-11(16-9)14-8-12(2)3-5-17-6-4-12/h7H,3-6,8H2,1-2H3,(H3,13,14,15,16). The molecule has 1 aliphatic rings. The van der Waals surface area contributed by atoms with Crippen molar-refractivity contribution < 1.29 is 4.74 Å². The van der Waals surface area contributed by atoms with E-state index in [0.29, 0.717) is 11.6 Å². The molecule has 1 aromatic rings. The molecular formula is C12H20N4O. The molecule has 5 nitrogen and oxygen atoms in total. The maximum atomic E-state index is 5.69. The summed E-state index contributed by atoms with van der Waals surface area (Å²) in [5.41, 5.74) is 5.97. The number of hydrogen-bond acceptors (Lipinski definition) is 5. The molecule has 1 aliphatic heterocycles. The summed E-state index contributed by atoms with van der Waals surface area (Å²) in [6.07, 6.45) is 2.17. The van der Waals surface area contributed by atoms with E-state index >= 15 is 0 Å². The Bertz CT molecular complexity index is 368. The predicted octanol–water partition coefficient (Wildman–Crippen LogP) is 1.60. The van der Waals surface area contributed by atoms with E-state index in [2.05, 4.69) is 22.2 Å². The molecule has 1 aromatic heterocycles. The first-order valence-corrected chi connectivity index (χ1v) is 6.00. The van der Waals surface area contributed by atoms with Crippen LogP contribution in [0.15, 0.2) is 6.07 Å². The van der Waals surface area contributed by atoms with Gasteiger partial charge in [-0.05, 0) is 25.2 Å². The lowest BCUT2D eigenvalue weighted by Crippen LogP contribution is -2.33. The highest BCUT2D eigenvalue weighted by atomic mass is 16.5. The second kappa shape index (κ2) is 4.87. The number of nitrogens with two attached hydrogens (primary N) is 1. The Hall–Kier alpha value is -1.36. The number of nitrogens with one attached hydrogen (secondary N) is 1. The van der Waals surface area contributed by atoms with Crippen molar-refractivity contribution >= 4 is 11.6 Å². The molecule has 1 saturated heterocycles. The second-order valence-corrected chi connectivity index (χ2v) is 5.00. The normalized spacial score (nSPS) is 18.9. The zero-order valence-electron chi connectivity index (χ0n) is 10.5. The van der Waals surface area contributed by atoms with Crippen molar-refractivity contribution in [2.45, 2.75) is 26.7 Å². The van der Waals surface area contributed by atoms with E-state index in [1.165, 1.54) is 0 Å². The number of rotatable bonds is 3. The lowest BCUT2D eigenvalue weighted by atomic mass is 9.82. The summed E-state index contributed by atoms with van der Waals surface area (Å²) in [5.74, 6) is 2.02. The summed E-state index contributed by atoms with van der Waals surface area (Å²) >= 11 is 0. The SMILES string of the molecule is Cc1nc(N)cc(NCC2(C)CCOCC2)n1. The smallest absolute Gasteiger partial charge is 0.131 e. The third kappa shape index (κ3) is 3.30. The van der Waals surface area contributed by atoms with Crippen molar-refractivity contribution in [3.05, 3.63) is 11.9 Å². The maximum absolute atomic E-state index is 5.69. The van der Waals surface area contributed by atoms with Gasteiger partial charge in [-0.2, -0.15) is 0 Å². The largest absolute Gasteiger partial charge is 0.384 e. The molecule has 1 fully saturated rings. The molecule has 94 valence electrons. The van der Waals surface area contributed by atoms with Crippen molar-refractivity contribution in [3.8, 4) is 0 Å². The molecule has 0 unspecified atom stereocenters. The lowest BCUT2D eigenvalue weighted by Gasteiger charge is -2.33. The van der Waals surface area contributed by atoms with Gasteiger partial charge < -0.3 is 15.8 Å². The fourth-order valence-corrected chi connectivity index (χ4v) is 2.03. The molecule has 0 radical (unpaired) electrons. The van der Waals surface area contributed by atoms with Gasteiger partial charge in [-0.15, -0.1) is 0 Å². The van der Waals surface area contributed by atoms with Crippen LogP contribution in [0.25, 0.3) is 0 Å². The van der Waals surface area contributed by atoms with Crippen molar-refractivity contribution in [1.82, 2.24) is 9.97 Å². The zero-order chi connectivity index (χ0) is 12.3. The Kier molecular flexibility index (Phi) is 3.47. The Morgan fingerprint density at radius 1 is 1.41 bits per heavy atom. The van der Waals surface area contributed by atoms with Gasteiger partial charge in [0.15, 0.2) is 0 Å². The molecule has 0 aromatic carbocycles. The van der Waals surface area contributed by atoms with E-state index in [-0.39, 0.29) is 5.41 Å². The average molecular weight is 236 g/mol. The van der Waals surface area contributed by atoms with Crippen LogP contribution in [0.1, 0.15) is 25.6 Å².